The monoisotopic (exact) mass is 522 g/mol. The minimum absolute atomic E-state index is 0.0475. The molecular weight excluding hydrogens is 488 g/mol. The third kappa shape index (κ3) is 5.83. The molecule has 0 saturated heterocycles. The number of methoxy groups -OCH3 is 1. The van der Waals surface area contributed by atoms with Crippen molar-refractivity contribution in [3.05, 3.63) is 60.0 Å². The van der Waals surface area contributed by atoms with Crippen molar-refractivity contribution in [2.75, 3.05) is 33.3 Å². The third-order valence-electron chi connectivity index (χ3n) is 7.09. The number of benzene rings is 1. The predicted octanol–water partition coefficient (Wildman–Crippen LogP) is 2.66. The van der Waals surface area contributed by atoms with Gasteiger partial charge in [-0.1, -0.05) is 30.3 Å². The maximum atomic E-state index is 11.0. The van der Waals surface area contributed by atoms with E-state index >= 15 is 0 Å². The number of aromatic nitrogens is 4. The molecule has 0 amide bonds. The molecule has 0 aliphatic heterocycles. The molecule has 3 aromatic heterocycles. The first-order chi connectivity index (χ1) is 18.2. The maximum absolute atomic E-state index is 11.0. The van der Waals surface area contributed by atoms with Crippen LogP contribution < -0.4 is 15.4 Å². The third-order valence-corrected chi connectivity index (χ3v) is 7.95. The van der Waals surface area contributed by atoms with E-state index in [1.54, 1.807) is 13.3 Å². The summed E-state index contributed by atoms with van der Waals surface area (Å²) in [5.74, 6) is 0.514. The zero-order valence-electron chi connectivity index (χ0n) is 21.0. The van der Waals surface area contributed by atoms with Crippen molar-refractivity contribution >= 4 is 22.4 Å². The molecule has 37 heavy (non-hydrogen) atoms. The Balaban J connectivity index is 1.15. The summed E-state index contributed by atoms with van der Waals surface area (Å²) in [4.78, 5) is 13.2. The predicted molar refractivity (Wildman–Crippen MR) is 145 cm³/mol. The van der Waals surface area contributed by atoms with E-state index in [0.717, 1.165) is 54.1 Å². The van der Waals surface area contributed by atoms with E-state index in [9.17, 15) is 10.2 Å². The van der Waals surface area contributed by atoms with Gasteiger partial charge in [0, 0.05) is 35.8 Å². The zero-order chi connectivity index (χ0) is 25.6. The Morgan fingerprint density at radius 2 is 1.95 bits per heavy atom. The molecule has 1 aliphatic rings. The number of hydrogen-bond donors (Lipinski definition) is 4. The SMILES string of the molecule is COc1csc(-c2cn([C@@H]3C[C@H](CNCCCNCCc4ccccc4)[C@@H](O)[C@H]3O)c3ncncc23)n1. The lowest BCUT2D eigenvalue weighted by atomic mass is 10.1. The molecule has 4 aromatic rings. The summed E-state index contributed by atoms with van der Waals surface area (Å²) in [6.07, 6.45) is 6.25. The highest BCUT2D eigenvalue weighted by molar-refractivity contribution is 7.13. The van der Waals surface area contributed by atoms with Crippen molar-refractivity contribution in [1.29, 1.82) is 0 Å². The van der Waals surface area contributed by atoms with Gasteiger partial charge in [-0.2, -0.15) is 0 Å². The molecule has 5 rings (SSSR count). The quantitative estimate of drug-likeness (QED) is 0.210. The number of rotatable bonds is 12. The van der Waals surface area contributed by atoms with Gasteiger partial charge in [0.2, 0.25) is 5.88 Å². The Hall–Kier alpha value is -2.89. The molecule has 196 valence electrons. The molecule has 9 nitrogen and oxygen atoms in total. The highest BCUT2D eigenvalue weighted by atomic mass is 32.1. The Morgan fingerprint density at radius 3 is 2.76 bits per heavy atom. The number of nitrogens with zero attached hydrogens (tertiary/aromatic N) is 4. The first kappa shape index (κ1) is 25.7. The van der Waals surface area contributed by atoms with Gasteiger partial charge in [-0.25, -0.2) is 15.0 Å². The Labute approximate surface area is 220 Å². The lowest BCUT2D eigenvalue weighted by Crippen LogP contribution is -2.34. The van der Waals surface area contributed by atoms with E-state index in [0.29, 0.717) is 18.8 Å². The summed E-state index contributed by atoms with van der Waals surface area (Å²) < 4.78 is 7.23. The van der Waals surface area contributed by atoms with Crippen molar-refractivity contribution in [3.63, 3.8) is 0 Å². The van der Waals surface area contributed by atoms with Crippen LogP contribution in [0.5, 0.6) is 5.88 Å². The molecule has 1 aromatic carbocycles. The molecule has 4 N–H and O–H groups in total. The summed E-state index contributed by atoms with van der Waals surface area (Å²) in [7, 11) is 1.60. The van der Waals surface area contributed by atoms with Crippen LogP contribution in [-0.2, 0) is 6.42 Å². The average molecular weight is 523 g/mol. The Kier molecular flexibility index (Phi) is 8.42. The molecule has 10 heteroatoms. The van der Waals surface area contributed by atoms with Gasteiger partial charge in [0.05, 0.1) is 24.6 Å². The first-order valence-electron chi connectivity index (χ1n) is 12.8. The van der Waals surface area contributed by atoms with Crippen LogP contribution in [0.25, 0.3) is 21.6 Å². The fourth-order valence-electron chi connectivity index (χ4n) is 5.09. The van der Waals surface area contributed by atoms with Crippen molar-refractivity contribution < 1.29 is 14.9 Å². The average Bonchev–Trinajstić information content (AvgIpc) is 3.63. The van der Waals surface area contributed by atoms with Gasteiger partial charge >= 0.3 is 0 Å². The number of thiazole rings is 1. The summed E-state index contributed by atoms with van der Waals surface area (Å²) in [5.41, 5.74) is 2.97. The standard InChI is InChI=1S/C27H34N6O3S/c1-36-23-16-37-27(32-23)21-15-33(26-20(21)14-30-17-31-26)22-12-19(24(34)25(22)35)13-29-10-5-9-28-11-8-18-6-3-2-4-7-18/h2-4,6-7,14-17,19,22,24-25,28-29,34-35H,5,8-13H2,1H3/t19-,22-,24-,25+/m1/s1. The molecule has 3 heterocycles. The Morgan fingerprint density at radius 1 is 1.11 bits per heavy atom. The number of hydrogen-bond acceptors (Lipinski definition) is 9. The first-order valence-corrected chi connectivity index (χ1v) is 13.7. The highest BCUT2D eigenvalue weighted by Gasteiger charge is 2.42. The van der Waals surface area contributed by atoms with E-state index in [1.807, 2.05) is 22.2 Å². The summed E-state index contributed by atoms with van der Waals surface area (Å²) in [6.45, 7) is 3.42. The van der Waals surface area contributed by atoms with Gasteiger partial charge in [-0.05, 0) is 44.5 Å². The zero-order valence-corrected chi connectivity index (χ0v) is 21.8. The Bertz CT molecular complexity index is 1280. The van der Waals surface area contributed by atoms with Crippen LogP contribution in [0.4, 0.5) is 0 Å². The van der Waals surface area contributed by atoms with Crippen LogP contribution in [0.15, 0.2) is 54.4 Å². The van der Waals surface area contributed by atoms with Crippen LogP contribution in [0.2, 0.25) is 0 Å². The van der Waals surface area contributed by atoms with Crippen molar-refractivity contribution in [2.24, 2.45) is 5.92 Å². The molecule has 1 saturated carbocycles. The smallest absolute Gasteiger partial charge is 0.224 e. The topological polar surface area (TPSA) is 117 Å². The van der Waals surface area contributed by atoms with E-state index in [4.69, 9.17) is 4.74 Å². The number of ether oxygens (including phenoxy) is 1. The minimum atomic E-state index is -0.879. The van der Waals surface area contributed by atoms with Gasteiger partial charge in [0.25, 0.3) is 0 Å². The van der Waals surface area contributed by atoms with Gasteiger partial charge in [-0.15, -0.1) is 11.3 Å². The molecule has 0 unspecified atom stereocenters. The highest BCUT2D eigenvalue weighted by Crippen LogP contribution is 2.40. The number of aliphatic hydroxyl groups is 2. The lowest BCUT2D eigenvalue weighted by Gasteiger charge is -2.19. The van der Waals surface area contributed by atoms with Gasteiger partial charge in [-0.3, -0.25) is 0 Å². The van der Waals surface area contributed by atoms with Crippen LogP contribution >= 0.6 is 11.3 Å². The van der Waals surface area contributed by atoms with Crippen LogP contribution in [0.1, 0.15) is 24.4 Å². The second-order valence-corrected chi connectivity index (χ2v) is 10.4. The molecular formula is C27H34N6O3S. The number of nitrogens with one attached hydrogen (secondary N) is 2. The van der Waals surface area contributed by atoms with Gasteiger partial charge in [0.1, 0.15) is 23.1 Å². The van der Waals surface area contributed by atoms with Crippen molar-refractivity contribution in [2.45, 2.75) is 37.5 Å². The van der Waals surface area contributed by atoms with E-state index in [2.05, 4.69) is 49.9 Å². The van der Waals surface area contributed by atoms with Crippen molar-refractivity contribution in [3.8, 4) is 16.5 Å². The lowest BCUT2D eigenvalue weighted by molar-refractivity contribution is 0.00695. The molecule has 1 aliphatic carbocycles. The number of fused-ring (bicyclic) bond motifs is 1. The normalized spacial score (nSPS) is 21.6. The summed E-state index contributed by atoms with van der Waals surface area (Å²) in [6, 6.07) is 10.2. The van der Waals surface area contributed by atoms with E-state index in [-0.39, 0.29) is 12.0 Å². The molecule has 0 radical (unpaired) electrons. The van der Waals surface area contributed by atoms with E-state index in [1.165, 1.54) is 23.2 Å². The molecule has 1 fully saturated rings. The second kappa shape index (κ2) is 12.1. The molecule has 0 spiro atoms. The summed E-state index contributed by atoms with van der Waals surface area (Å²) in [5, 5.41) is 32.3. The molecule has 0 bridgehead atoms. The van der Waals surface area contributed by atoms with Gasteiger partial charge < -0.3 is 30.2 Å². The summed E-state index contributed by atoms with van der Waals surface area (Å²) >= 11 is 1.49. The maximum Gasteiger partial charge on any atom is 0.224 e. The largest absolute Gasteiger partial charge is 0.480 e. The van der Waals surface area contributed by atoms with Crippen LogP contribution in [0, 0.1) is 5.92 Å². The van der Waals surface area contributed by atoms with Crippen molar-refractivity contribution in [1.82, 2.24) is 30.2 Å². The second-order valence-electron chi connectivity index (χ2n) is 9.49. The fourth-order valence-corrected chi connectivity index (χ4v) is 5.89. The van der Waals surface area contributed by atoms with E-state index < -0.39 is 12.2 Å². The number of aliphatic hydroxyl groups excluding tert-OH is 2. The van der Waals surface area contributed by atoms with Crippen LogP contribution in [0.3, 0.4) is 0 Å². The molecule has 4 atom stereocenters. The van der Waals surface area contributed by atoms with Gasteiger partial charge in [0.15, 0.2) is 0 Å². The fraction of sp³-hybridized carbons (Fsp3) is 0.444. The van der Waals surface area contributed by atoms with Crippen LogP contribution in [-0.4, -0.2) is 75.2 Å². The minimum Gasteiger partial charge on any atom is -0.480 e.